The summed E-state index contributed by atoms with van der Waals surface area (Å²) in [5, 5.41) is 4.74. The van der Waals surface area contributed by atoms with Gasteiger partial charge in [-0.2, -0.15) is 5.10 Å². The molecular weight excluding hydrogens is 328 g/mol. The van der Waals surface area contributed by atoms with E-state index in [0.717, 1.165) is 0 Å². The van der Waals surface area contributed by atoms with Gasteiger partial charge in [0, 0.05) is 16.8 Å². The number of carbonyl (C=O) groups excluding carboxylic acids is 1. The summed E-state index contributed by atoms with van der Waals surface area (Å²) in [5.74, 6) is -0.448. The summed E-state index contributed by atoms with van der Waals surface area (Å²) in [5.41, 5.74) is 0.516. The monoisotopic (exact) mass is 340 g/mol. The summed E-state index contributed by atoms with van der Waals surface area (Å²) in [6, 6.07) is 16.8. The van der Waals surface area contributed by atoms with Gasteiger partial charge in [0.25, 0.3) is 0 Å². The van der Waals surface area contributed by atoms with Gasteiger partial charge in [0.05, 0.1) is 5.69 Å². The molecule has 5 nitrogen and oxygen atoms in total. The summed E-state index contributed by atoms with van der Waals surface area (Å²) in [6.45, 7) is 1.73. The Balaban J connectivity index is 1.99. The highest BCUT2D eigenvalue weighted by Gasteiger charge is 2.17. The minimum absolute atomic E-state index is 0.278. The maximum atomic E-state index is 12.3. The zero-order chi connectivity index (χ0) is 17.1. The van der Waals surface area contributed by atoms with Crippen LogP contribution in [0.1, 0.15) is 16.2 Å². The second kappa shape index (κ2) is 6.68. The van der Waals surface area contributed by atoms with E-state index in [0.29, 0.717) is 22.2 Å². The van der Waals surface area contributed by atoms with Gasteiger partial charge in [0.2, 0.25) is 11.1 Å². The first-order chi connectivity index (χ1) is 11.5. The topological polar surface area (TPSA) is 61.2 Å². The fourth-order valence-corrected chi connectivity index (χ4v) is 2.30. The maximum Gasteiger partial charge on any atom is 0.368 e. The number of hydrogen-bond donors (Lipinski definition) is 0. The van der Waals surface area contributed by atoms with Gasteiger partial charge in [-0.05, 0) is 43.3 Å². The van der Waals surface area contributed by atoms with Gasteiger partial charge < -0.3 is 4.74 Å². The normalized spacial score (nSPS) is 10.4. The molecule has 0 fully saturated rings. The number of benzene rings is 2. The molecule has 1 aromatic heterocycles. The van der Waals surface area contributed by atoms with Crippen molar-refractivity contribution >= 4 is 17.6 Å². The molecule has 0 radical (unpaired) electrons. The van der Waals surface area contributed by atoms with Crippen LogP contribution in [0.15, 0.2) is 65.5 Å². The average Bonchev–Trinajstić information content (AvgIpc) is 2.57. The van der Waals surface area contributed by atoms with Crippen LogP contribution in [0.3, 0.4) is 0 Å². The van der Waals surface area contributed by atoms with E-state index in [4.69, 9.17) is 16.3 Å². The number of nitrogens with zero attached hydrogens (tertiary/aromatic N) is 2. The Morgan fingerprint density at radius 1 is 1.08 bits per heavy atom. The molecule has 2 aromatic carbocycles. The van der Waals surface area contributed by atoms with Gasteiger partial charge in [-0.1, -0.05) is 29.8 Å². The van der Waals surface area contributed by atoms with Gasteiger partial charge in [0.1, 0.15) is 5.75 Å². The minimum atomic E-state index is -0.797. The van der Waals surface area contributed by atoms with Crippen LogP contribution in [-0.2, 0) is 0 Å². The molecule has 0 aliphatic carbocycles. The SMILES string of the molecule is Cc1cc(=O)c(C(=O)Oc2ccccc2)nn1-c1ccc(Cl)cc1. The molecule has 6 heteroatoms. The van der Waals surface area contributed by atoms with Gasteiger partial charge in [-0.25, -0.2) is 9.48 Å². The van der Waals surface area contributed by atoms with Crippen molar-refractivity contribution in [3.8, 4) is 11.4 Å². The smallest absolute Gasteiger partial charge is 0.368 e. The first kappa shape index (κ1) is 16.0. The van der Waals surface area contributed by atoms with E-state index in [9.17, 15) is 9.59 Å². The molecule has 0 saturated carbocycles. The van der Waals surface area contributed by atoms with Crippen molar-refractivity contribution in [3.63, 3.8) is 0 Å². The van der Waals surface area contributed by atoms with Gasteiger partial charge in [0.15, 0.2) is 0 Å². The number of esters is 1. The Hall–Kier alpha value is -2.92. The number of ether oxygens (including phenoxy) is 1. The quantitative estimate of drug-likeness (QED) is 0.541. The highest BCUT2D eigenvalue weighted by Crippen LogP contribution is 2.14. The summed E-state index contributed by atoms with van der Waals surface area (Å²) in [6.07, 6.45) is 0. The van der Waals surface area contributed by atoms with E-state index in [1.807, 2.05) is 0 Å². The van der Waals surface area contributed by atoms with Crippen molar-refractivity contribution in [1.29, 1.82) is 0 Å². The van der Waals surface area contributed by atoms with E-state index in [2.05, 4.69) is 5.10 Å². The third kappa shape index (κ3) is 3.36. The predicted octanol–water partition coefficient (Wildman–Crippen LogP) is 3.41. The lowest BCUT2D eigenvalue weighted by molar-refractivity contribution is 0.0725. The molecule has 0 atom stereocenters. The fourth-order valence-electron chi connectivity index (χ4n) is 2.18. The Morgan fingerprint density at radius 2 is 1.75 bits per heavy atom. The van der Waals surface area contributed by atoms with Crippen LogP contribution in [-0.4, -0.2) is 15.7 Å². The molecule has 120 valence electrons. The molecule has 0 aliphatic heterocycles. The van der Waals surface area contributed by atoms with Gasteiger partial charge >= 0.3 is 5.97 Å². The standard InChI is InChI=1S/C18H13ClN2O3/c1-12-11-16(22)17(18(23)24-15-5-3-2-4-6-15)20-21(12)14-9-7-13(19)8-10-14/h2-11H,1H3. The predicted molar refractivity (Wildman–Crippen MR) is 91.0 cm³/mol. The lowest BCUT2D eigenvalue weighted by Crippen LogP contribution is -2.25. The number of hydrogen-bond acceptors (Lipinski definition) is 4. The molecule has 24 heavy (non-hydrogen) atoms. The average molecular weight is 341 g/mol. The number of para-hydroxylation sites is 1. The number of halogens is 1. The van der Waals surface area contributed by atoms with Crippen LogP contribution in [0, 0.1) is 6.92 Å². The summed E-state index contributed by atoms with van der Waals surface area (Å²) in [7, 11) is 0. The van der Waals surface area contributed by atoms with E-state index >= 15 is 0 Å². The Kier molecular flexibility index (Phi) is 4.44. The summed E-state index contributed by atoms with van der Waals surface area (Å²) in [4.78, 5) is 24.4. The molecule has 3 rings (SSSR count). The minimum Gasteiger partial charge on any atom is -0.422 e. The molecule has 0 spiro atoms. The molecule has 0 bridgehead atoms. The molecule has 3 aromatic rings. The van der Waals surface area contributed by atoms with E-state index in [-0.39, 0.29) is 5.69 Å². The van der Waals surface area contributed by atoms with E-state index < -0.39 is 11.4 Å². The Bertz CT molecular complexity index is 935. The highest BCUT2D eigenvalue weighted by atomic mass is 35.5. The van der Waals surface area contributed by atoms with Crippen molar-refractivity contribution in [2.45, 2.75) is 6.92 Å². The maximum absolute atomic E-state index is 12.3. The van der Waals surface area contributed by atoms with Crippen LogP contribution in [0.2, 0.25) is 5.02 Å². The fraction of sp³-hybridized carbons (Fsp3) is 0.0556. The molecule has 0 aliphatic rings. The van der Waals surface area contributed by atoms with E-state index in [1.165, 1.54) is 10.7 Å². The Labute approximate surface area is 143 Å². The first-order valence-corrected chi connectivity index (χ1v) is 7.56. The summed E-state index contributed by atoms with van der Waals surface area (Å²) >= 11 is 5.88. The second-order valence-corrected chi connectivity index (χ2v) is 5.53. The van der Waals surface area contributed by atoms with Gasteiger partial charge in [-0.3, -0.25) is 4.79 Å². The molecule has 0 saturated heterocycles. The second-order valence-electron chi connectivity index (χ2n) is 5.09. The van der Waals surface area contributed by atoms with Crippen LogP contribution in [0.4, 0.5) is 0 Å². The van der Waals surface area contributed by atoms with Crippen molar-refractivity contribution < 1.29 is 9.53 Å². The zero-order valence-corrected chi connectivity index (χ0v) is 13.5. The van der Waals surface area contributed by atoms with Gasteiger partial charge in [-0.15, -0.1) is 0 Å². The van der Waals surface area contributed by atoms with Crippen LogP contribution >= 0.6 is 11.6 Å². The number of aryl methyl sites for hydroxylation is 1. The van der Waals surface area contributed by atoms with Crippen LogP contribution in [0.5, 0.6) is 5.75 Å². The van der Waals surface area contributed by atoms with Crippen molar-refractivity contribution in [1.82, 2.24) is 9.78 Å². The zero-order valence-electron chi connectivity index (χ0n) is 12.8. The number of carbonyl (C=O) groups is 1. The summed E-state index contributed by atoms with van der Waals surface area (Å²) < 4.78 is 6.69. The van der Waals surface area contributed by atoms with E-state index in [1.54, 1.807) is 61.5 Å². The molecule has 0 amide bonds. The molecular formula is C18H13ClN2O3. The molecule has 0 N–H and O–H groups in total. The highest BCUT2D eigenvalue weighted by molar-refractivity contribution is 6.30. The number of rotatable bonds is 3. The third-order valence-electron chi connectivity index (χ3n) is 3.33. The van der Waals surface area contributed by atoms with Crippen LogP contribution in [0.25, 0.3) is 5.69 Å². The van der Waals surface area contributed by atoms with Crippen molar-refractivity contribution in [3.05, 3.63) is 87.3 Å². The third-order valence-corrected chi connectivity index (χ3v) is 3.58. The largest absolute Gasteiger partial charge is 0.422 e. The van der Waals surface area contributed by atoms with Crippen molar-refractivity contribution in [2.24, 2.45) is 0 Å². The lowest BCUT2D eigenvalue weighted by Gasteiger charge is -2.11. The lowest BCUT2D eigenvalue weighted by atomic mass is 10.3. The van der Waals surface area contributed by atoms with Crippen LogP contribution < -0.4 is 10.2 Å². The Morgan fingerprint density at radius 3 is 2.42 bits per heavy atom. The number of aromatic nitrogens is 2. The first-order valence-electron chi connectivity index (χ1n) is 7.19. The molecule has 1 heterocycles. The van der Waals surface area contributed by atoms with Crippen molar-refractivity contribution in [2.75, 3.05) is 0 Å². The molecule has 0 unspecified atom stereocenters.